The van der Waals surface area contributed by atoms with Crippen molar-refractivity contribution in [3.63, 3.8) is 0 Å². The van der Waals surface area contributed by atoms with Gasteiger partial charge in [-0.05, 0) is 41.4 Å². The van der Waals surface area contributed by atoms with Crippen molar-refractivity contribution in [1.82, 2.24) is 0 Å². The van der Waals surface area contributed by atoms with Crippen molar-refractivity contribution >= 4 is 8.60 Å². The van der Waals surface area contributed by atoms with E-state index in [2.05, 4.69) is 62.3 Å². The Balaban J connectivity index is 2.09. The Labute approximate surface area is 151 Å². The molecule has 24 heavy (non-hydrogen) atoms. The molecule has 2 fully saturated rings. The van der Waals surface area contributed by atoms with E-state index in [0.717, 1.165) is 12.3 Å². The molecule has 1 saturated heterocycles. The average Bonchev–Trinajstić information content (AvgIpc) is 2.82. The summed E-state index contributed by atoms with van der Waals surface area (Å²) in [5, 5.41) is 0. The van der Waals surface area contributed by atoms with E-state index in [1.807, 2.05) is 0 Å². The molecule has 1 aliphatic heterocycles. The van der Waals surface area contributed by atoms with E-state index in [4.69, 9.17) is 13.6 Å². The van der Waals surface area contributed by atoms with Crippen LogP contribution in [-0.2, 0) is 13.6 Å². The second kappa shape index (κ2) is 7.51. The molecule has 5 atom stereocenters. The maximum atomic E-state index is 6.47. The van der Waals surface area contributed by atoms with Gasteiger partial charge in [-0.3, -0.25) is 0 Å². The molecule has 0 N–H and O–H groups in total. The molecule has 0 aromatic heterocycles. The Kier molecular flexibility index (Phi) is 6.45. The second-order valence-electron chi connectivity index (χ2n) is 10.5. The van der Waals surface area contributed by atoms with Crippen molar-refractivity contribution < 1.29 is 13.6 Å². The van der Waals surface area contributed by atoms with Crippen molar-refractivity contribution in [2.75, 3.05) is 0 Å². The van der Waals surface area contributed by atoms with Gasteiger partial charge < -0.3 is 13.6 Å². The van der Waals surface area contributed by atoms with Crippen LogP contribution in [0, 0.1) is 28.6 Å². The fraction of sp³-hybridized carbons (Fsp3) is 1.00. The van der Waals surface area contributed by atoms with E-state index < -0.39 is 8.60 Å². The Morgan fingerprint density at radius 3 is 1.83 bits per heavy atom. The summed E-state index contributed by atoms with van der Waals surface area (Å²) >= 11 is 0. The number of hydrogen-bond acceptors (Lipinski definition) is 3. The molecule has 0 radical (unpaired) electrons. The molecule has 0 spiro atoms. The van der Waals surface area contributed by atoms with Crippen molar-refractivity contribution in [3.05, 3.63) is 0 Å². The molecule has 0 amide bonds. The Bertz CT molecular complexity index is 388. The van der Waals surface area contributed by atoms with E-state index in [9.17, 15) is 0 Å². The zero-order valence-corrected chi connectivity index (χ0v) is 18.2. The molecule has 4 heteroatoms. The zero-order chi connectivity index (χ0) is 18.3. The van der Waals surface area contributed by atoms with Gasteiger partial charge in [-0.25, -0.2) is 0 Å². The molecular weight excluding hydrogens is 319 g/mol. The molecule has 2 aliphatic rings. The first-order chi connectivity index (χ1) is 10.9. The monoisotopic (exact) mass is 358 g/mol. The standard InChI is InChI=1S/C20H39O3P/c1-13(2)15-11-10-14(3)12-16(15)21-24-22-17(19(4,5)6)18(23-24)20(7,8)9/h13-18H,10-12H2,1-9H3/t14-,15+,16-,17+,18+/m1/s1. The summed E-state index contributed by atoms with van der Waals surface area (Å²) in [6.45, 7) is 20.4. The molecule has 1 heterocycles. The maximum absolute atomic E-state index is 6.47. The number of hydrogen-bond donors (Lipinski definition) is 0. The summed E-state index contributed by atoms with van der Waals surface area (Å²) in [5.74, 6) is 2.01. The van der Waals surface area contributed by atoms with Gasteiger partial charge in [-0.15, -0.1) is 0 Å². The molecule has 0 unspecified atom stereocenters. The molecule has 2 rings (SSSR count). The Hall–Kier alpha value is 0.310. The van der Waals surface area contributed by atoms with Crippen molar-refractivity contribution in [2.45, 2.75) is 99.9 Å². The van der Waals surface area contributed by atoms with Crippen LogP contribution in [0.4, 0.5) is 0 Å². The van der Waals surface area contributed by atoms with Crippen LogP contribution >= 0.6 is 8.60 Å². The molecule has 0 bridgehead atoms. The predicted molar refractivity (Wildman–Crippen MR) is 102 cm³/mol. The molecule has 142 valence electrons. The summed E-state index contributed by atoms with van der Waals surface area (Å²) in [4.78, 5) is 0. The minimum Gasteiger partial charge on any atom is -0.309 e. The quantitative estimate of drug-likeness (QED) is 0.534. The fourth-order valence-electron chi connectivity index (χ4n) is 3.94. The molecule has 1 saturated carbocycles. The van der Waals surface area contributed by atoms with Crippen LogP contribution in [-0.4, -0.2) is 18.3 Å². The van der Waals surface area contributed by atoms with Crippen molar-refractivity contribution in [3.8, 4) is 0 Å². The molecule has 1 aliphatic carbocycles. The van der Waals surface area contributed by atoms with Gasteiger partial charge in [0.05, 0.1) is 18.3 Å². The predicted octanol–water partition coefficient (Wildman–Crippen LogP) is 6.57. The minimum absolute atomic E-state index is 0.0513. The summed E-state index contributed by atoms with van der Waals surface area (Å²) in [6.07, 6.45) is 4.16. The van der Waals surface area contributed by atoms with Crippen molar-refractivity contribution in [1.29, 1.82) is 0 Å². The Morgan fingerprint density at radius 1 is 0.917 bits per heavy atom. The summed E-state index contributed by atoms with van der Waals surface area (Å²) in [6, 6.07) is 0. The van der Waals surface area contributed by atoms with Crippen LogP contribution in [0.15, 0.2) is 0 Å². The molecule has 3 nitrogen and oxygen atoms in total. The Morgan fingerprint density at radius 2 is 1.42 bits per heavy atom. The molecular formula is C20H39O3P. The number of rotatable bonds is 3. The second-order valence-corrected chi connectivity index (χ2v) is 11.6. The smallest absolute Gasteiger partial charge is 0.309 e. The van der Waals surface area contributed by atoms with Crippen molar-refractivity contribution in [2.24, 2.45) is 28.6 Å². The van der Waals surface area contributed by atoms with Gasteiger partial charge >= 0.3 is 8.60 Å². The topological polar surface area (TPSA) is 27.7 Å². The fourth-order valence-corrected chi connectivity index (χ4v) is 5.78. The largest absolute Gasteiger partial charge is 0.333 e. The summed E-state index contributed by atoms with van der Waals surface area (Å²) in [5.41, 5.74) is 0.103. The summed E-state index contributed by atoms with van der Waals surface area (Å²) < 4.78 is 19.2. The van der Waals surface area contributed by atoms with E-state index in [1.165, 1.54) is 12.8 Å². The molecule has 0 aromatic carbocycles. The first-order valence-electron chi connectivity index (χ1n) is 9.70. The van der Waals surface area contributed by atoms with Gasteiger partial charge in [0.25, 0.3) is 0 Å². The van der Waals surface area contributed by atoms with Crippen LogP contribution in [0.2, 0.25) is 0 Å². The van der Waals surface area contributed by atoms with E-state index >= 15 is 0 Å². The highest BCUT2D eigenvalue weighted by Crippen LogP contribution is 2.58. The average molecular weight is 359 g/mol. The lowest BCUT2D eigenvalue weighted by Crippen LogP contribution is -2.42. The van der Waals surface area contributed by atoms with Crippen LogP contribution in [0.25, 0.3) is 0 Å². The lowest BCUT2D eigenvalue weighted by Gasteiger charge is -2.37. The highest BCUT2D eigenvalue weighted by molar-refractivity contribution is 7.42. The van der Waals surface area contributed by atoms with Gasteiger partial charge in [-0.1, -0.05) is 68.7 Å². The third-order valence-corrected chi connectivity index (χ3v) is 6.81. The molecule has 0 aromatic rings. The van der Waals surface area contributed by atoms with Gasteiger partial charge in [0, 0.05) is 0 Å². The SMILES string of the molecule is CC(C)[C@@H]1CC[C@@H](C)C[C@H]1OP1O[C@H](C(C)(C)C)[C@@H](C(C)(C)C)O1. The first kappa shape index (κ1) is 20.6. The van der Waals surface area contributed by atoms with Crippen LogP contribution in [0.1, 0.15) is 81.6 Å². The lowest BCUT2D eigenvalue weighted by molar-refractivity contribution is 0.000876. The lowest BCUT2D eigenvalue weighted by atomic mass is 9.75. The van der Waals surface area contributed by atoms with Gasteiger partial charge in [0.1, 0.15) is 0 Å². The van der Waals surface area contributed by atoms with E-state index in [0.29, 0.717) is 11.8 Å². The van der Waals surface area contributed by atoms with E-state index in [1.54, 1.807) is 0 Å². The maximum Gasteiger partial charge on any atom is 0.333 e. The highest BCUT2D eigenvalue weighted by Gasteiger charge is 2.50. The van der Waals surface area contributed by atoms with E-state index in [-0.39, 0.29) is 29.1 Å². The minimum atomic E-state index is -1.25. The normalized spacial score (nSPS) is 36.5. The third kappa shape index (κ3) is 4.93. The van der Waals surface area contributed by atoms with Crippen LogP contribution in [0.5, 0.6) is 0 Å². The first-order valence-corrected chi connectivity index (χ1v) is 10.8. The highest BCUT2D eigenvalue weighted by atomic mass is 31.2. The van der Waals surface area contributed by atoms with Crippen LogP contribution < -0.4 is 0 Å². The van der Waals surface area contributed by atoms with Gasteiger partial charge in [0.15, 0.2) is 0 Å². The zero-order valence-electron chi connectivity index (χ0n) is 17.3. The third-order valence-electron chi connectivity index (χ3n) is 5.56. The van der Waals surface area contributed by atoms with Crippen LogP contribution in [0.3, 0.4) is 0 Å². The summed E-state index contributed by atoms with van der Waals surface area (Å²) in [7, 11) is -1.25. The van der Waals surface area contributed by atoms with Gasteiger partial charge in [0.2, 0.25) is 0 Å². The van der Waals surface area contributed by atoms with Gasteiger partial charge in [-0.2, -0.15) is 0 Å².